The minimum atomic E-state index is -0.185. The van der Waals surface area contributed by atoms with Gasteiger partial charge in [-0.3, -0.25) is 0 Å². The van der Waals surface area contributed by atoms with Gasteiger partial charge in [0.1, 0.15) is 0 Å². The Kier molecular flexibility index (Phi) is 4.25. The van der Waals surface area contributed by atoms with Crippen LogP contribution >= 0.6 is 0 Å². The molecule has 2 rings (SSSR count). The van der Waals surface area contributed by atoms with Gasteiger partial charge in [0.2, 0.25) is 0 Å². The molecule has 3 heteroatoms. The van der Waals surface area contributed by atoms with Crippen molar-refractivity contribution in [2.24, 2.45) is 0 Å². The summed E-state index contributed by atoms with van der Waals surface area (Å²) in [4.78, 5) is 0. The second-order valence-electron chi connectivity index (χ2n) is 5.74. The van der Waals surface area contributed by atoms with Gasteiger partial charge < -0.3 is 15.7 Å². The highest BCUT2D eigenvalue weighted by molar-refractivity contribution is 5.54. The molecule has 0 saturated heterocycles. The van der Waals surface area contributed by atoms with E-state index in [1.165, 1.54) is 29.7 Å². The molecule has 0 amide bonds. The molecule has 0 spiro atoms. The molecule has 18 heavy (non-hydrogen) atoms. The molecule has 1 aromatic carbocycles. The molecule has 1 aliphatic rings. The van der Waals surface area contributed by atoms with Crippen LogP contribution in [-0.2, 0) is 12.8 Å². The van der Waals surface area contributed by atoms with Gasteiger partial charge in [-0.25, -0.2) is 0 Å². The Morgan fingerprint density at radius 3 is 3.00 bits per heavy atom. The van der Waals surface area contributed by atoms with E-state index in [2.05, 4.69) is 28.8 Å². The van der Waals surface area contributed by atoms with Gasteiger partial charge >= 0.3 is 0 Å². The minimum Gasteiger partial charge on any atom is -0.394 e. The number of hydrogen-bond donors (Lipinski definition) is 3. The third kappa shape index (κ3) is 3.47. The molecule has 0 unspecified atom stereocenters. The molecule has 0 aromatic heterocycles. The smallest absolute Gasteiger partial charge is 0.0607 e. The van der Waals surface area contributed by atoms with Crippen molar-refractivity contribution < 1.29 is 5.11 Å². The van der Waals surface area contributed by atoms with Crippen molar-refractivity contribution in [1.82, 2.24) is 5.32 Å². The van der Waals surface area contributed by atoms with Gasteiger partial charge in [0, 0.05) is 17.8 Å². The minimum absolute atomic E-state index is 0.168. The van der Waals surface area contributed by atoms with E-state index in [0.717, 1.165) is 19.5 Å². The fraction of sp³-hybridized carbons (Fsp3) is 0.600. The lowest BCUT2D eigenvalue weighted by atomic mass is 9.99. The van der Waals surface area contributed by atoms with Crippen LogP contribution in [0, 0.1) is 0 Å². The van der Waals surface area contributed by atoms with Gasteiger partial charge in [0.15, 0.2) is 0 Å². The maximum absolute atomic E-state index is 9.18. The topological polar surface area (TPSA) is 44.3 Å². The highest BCUT2D eigenvalue weighted by Gasteiger charge is 2.14. The van der Waals surface area contributed by atoms with Crippen LogP contribution in [0.3, 0.4) is 0 Å². The number of rotatable bonds is 5. The third-order valence-electron chi connectivity index (χ3n) is 3.52. The van der Waals surface area contributed by atoms with E-state index < -0.39 is 0 Å². The van der Waals surface area contributed by atoms with Crippen LogP contribution in [0.25, 0.3) is 0 Å². The van der Waals surface area contributed by atoms with Crippen LogP contribution in [-0.4, -0.2) is 30.3 Å². The predicted molar refractivity (Wildman–Crippen MR) is 76.1 cm³/mol. The summed E-state index contributed by atoms with van der Waals surface area (Å²) in [5, 5.41) is 16.0. The second-order valence-corrected chi connectivity index (χ2v) is 5.74. The quantitative estimate of drug-likeness (QED) is 0.746. The second kappa shape index (κ2) is 5.72. The Bertz CT molecular complexity index is 401. The molecule has 0 atom stereocenters. The third-order valence-corrected chi connectivity index (χ3v) is 3.52. The van der Waals surface area contributed by atoms with Gasteiger partial charge in [-0.05, 0) is 56.8 Å². The van der Waals surface area contributed by atoms with Crippen molar-refractivity contribution >= 4 is 5.69 Å². The molecule has 1 aromatic rings. The van der Waals surface area contributed by atoms with E-state index in [0.29, 0.717) is 0 Å². The lowest BCUT2D eigenvalue weighted by Gasteiger charge is -2.24. The predicted octanol–water partition coefficient (Wildman–Crippen LogP) is 1.95. The zero-order valence-corrected chi connectivity index (χ0v) is 11.4. The number of benzene rings is 1. The number of nitrogens with one attached hydrogen (secondary N) is 2. The summed E-state index contributed by atoms with van der Waals surface area (Å²) in [6.45, 7) is 6.20. The first-order valence-electron chi connectivity index (χ1n) is 6.82. The van der Waals surface area contributed by atoms with E-state index in [-0.39, 0.29) is 12.1 Å². The van der Waals surface area contributed by atoms with Gasteiger partial charge in [0.25, 0.3) is 0 Å². The van der Waals surface area contributed by atoms with Crippen LogP contribution in [0.4, 0.5) is 5.69 Å². The highest BCUT2D eigenvalue weighted by Crippen LogP contribution is 2.23. The van der Waals surface area contributed by atoms with Crippen LogP contribution in [0.1, 0.15) is 31.4 Å². The Hall–Kier alpha value is -1.06. The van der Waals surface area contributed by atoms with Crippen molar-refractivity contribution in [3.05, 3.63) is 29.3 Å². The maximum Gasteiger partial charge on any atom is 0.0607 e. The Morgan fingerprint density at radius 2 is 2.22 bits per heavy atom. The summed E-state index contributed by atoms with van der Waals surface area (Å²) >= 11 is 0. The number of fused-ring (bicyclic) bond motifs is 1. The summed E-state index contributed by atoms with van der Waals surface area (Å²) in [5.41, 5.74) is 3.93. The zero-order chi connectivity index (χ0) is 13.0. The van der Waals surface area contributed by atoms with Gasteiger partial charge in [-0.2, -0.15) is 0 Å². The van der Waals surface area contributed by atoms with E-state index in [9.17, 15) is 5.11 Å². The fourth-order valence-corrected chi connectivity index (χ4v) is 2.28. The SMILES string of the molecule is CC(C)(CO)NCCc1ccc2c(c1)CCCN2. The molecule has 100 valence electrons. The summed E-state index contributed by atoms with van der Waals surface area (Å²) in [7, 11) is 0. The van der Waals surface area contributed by atoms with Crippen LogP contribution < -0.4 is 10.6 Å². The monoisotopic (exact) mass is 248 g/mol. The lowest BCUT2D eigenvalue weighted by Crippen LogP contribution is -2.43. The summed E-state index contributed by atoms with van der Waals surface area (Å²) in [5.74, 6) is 0. The van der Waals surface area contributed by atoms with Crippen molar-refractivity contribution in [2.45, 2.75) is 38.6 Å². The first-order valence-corrected chi connectivity index (χ1v) is 6.82. The van der Waals surface area contributed by atoms with E-state index >= 15 is 0 Å². The summed E-state index contributed by atoms with van der Waals surface area (Å²) in [6, 6.07) is 6.71. The molecule has 3 nitrogen and oxygen atoms in total. The number of aliphatic hydroxyl groups is 1. The Balaban J connectivity index is 1.90. The Morgan fingerprint density at radius 1 is 1.39 bits per heavy atom. The molecular formula is C15H24N2O. The first-order chi connectivity index (χ1) is 8.61. The highest BCUT2D eigenvalue weighted by atomic mass is 16.3. The molecular weight excluding hydrogens is 224 g/mol. The average molecular weight is 248 g/mol. The molecule has 0 radical (unpaired) electrons. The largest absolute Gasteiger partial charge is 0.394 e. The van der Waals surface area contributed by atoms with E-state index in [4.69, 9.17) is 0 Å². The number of hydrogen-bond acceptors (Lipinski definition) is 3. The molecule has 3 N–H and O–H groups in total. The van der Waals surface area contributed by atoms with Crippen molar-refractivity contribution in [2.75, 3.05) is 25.0 Å². The number of aryl methyl sites for hydroxylation is 1. The maximum atomic E-state index is 9.18. The fourth-order valence-electron chi connectivity index (χ4n) is 2.28. The first kappa shape index (κ1) is 13.4. The summed E-state index contributed by atoms with van der Waals surface area (Å²) < 4.78 is 0. The zero-order valence-electron chi connectivity index (χ0n) is 11.4. The van der Waals surface area contributed by atoms with Crippen molar-refractivity contribution in [3.8, 4) is 0 Å². The van der Waals surface area contributed by atoms with E-state index in [1.807, 2.05) is 13.8 Å². The molecule has 0 bridgehead atoms. The lowest BCUT2D eigenvalue weighted by molar-refractivity contribution is 0.189. The average Bonchev–Trinajstić information content (AvgIpc) is 2.38. The van der Waals surface area contributed by atoms with Gasteiger partial charge in [0.05, 0.1) is 6.61 Å². The van der Waals surface area contributed by atoms with Crippen LogP contribution in [0.5, 0.6) is 0 Å². The number of anilines is 1. The van der Waals surface area contributed by atoms with Gasteiger partial charge in [-0.15, -0.1) is 0 Å². The molecule has 1 heterocycles. The normalized spacial score (nSPS) is 15.1. The molecule has 0 fully saturated rings. The Labute approximate surface area is 110 Å². The standard InChI is InChI=1S/C15H24N2O/c1-15(2,11-18)17-9-7-12-5-6-14-13(10-12)4-3-8-16-14/h5-6,10,16-18H,3-4,7-9,11H2,1-2H3. The summed E-state index contributed by atoms with van der Waals surface area (Å²) in [6.07, 6.45) is 3.43. The number of aliphatic hydroxyl groups excluding tert-OH is 1. The van der Waals surface area contributed by atoms with Crippen LogP contribution in [0.2, 0.25) is 0 Å². The van der Waals surface area contributed by atoms with Crippen LogP contribution in [0.15, 0.2) is 18.2 Å². The van der Waals surface area contributed by atoms with Gasteiger partial charge in [-0.1, -0.05) is 12.1 Å². The molecule has 1 aliphatic heterocycles. The molecule has 0 saturated carbocycles. The van der Waals surface area contributed by atoms with Crippen molar-refractivity contribution in [3.63, 3.8) is 0 Å². The van der Waals surface area contributed by atoms with E-state index in [1.54, 1.807) is 0 Å². The molecule has 0 aliphatic carbocycles. The van der Waals surface area contributed by atoms with Crippen molar-refractivity contribution in [1.29, 1.82) is 0 Å².